The number of benzene rings is 1. The zero-order chi connectivity index (χ0) is 21.5. The first kappa shape index (κ1) is 22.1. The number of hydrogen-bond donors (Lipinski definition) is 3. The van der Waals surface area contributed by atoms with E-state index in [1.54, 1.807) is 18.3 Å². The van der Waals surface area contributed by atoms with Crippen LogP contribution in [0.2, 0.25) is 5.02 Å². The molecule has 160 valence electrons. The van der Waals surface area contributed by atoms with E-state index in [-0.39, 0.29) is 17.9 Å². The molecule has 1 aromatic carbocycles. The maximum Gasteiger partial charge on any atom is 0.243 e. The van der Waals surface area contributed by atoms with Crippen molar-refractivity contribution in [2.75, 3.05) is 18.8 Å². The topological polar surface area (TPSA) is 100 Å². The molecule has 0 aliphatic carbocycles. The van der Waals surface area contributed by atoms with Crippen molar-refractivity contribution in [3.8, 4) is 0 Å². The van der Waals surface area contributed by atoms with Gasteiger partial charge in [0.25, 0.3) is 0 Å². The molecule has 7 nitrogen and oxygen atoms in total. The van der Waals surface area contributed by atoms with Crippen LogP contribution in [0.1, 0.15) is 30.9 Å². The number of carbonyl (C=O) groups is 2. The lowest BCUT2D eigenvalue weighted by Crippen LogP contribution is -2.53. The van der Waals surface area contributed by atoms with Crippen LogP contribution in [0, 0.1) is 0 Å². The number of likely N-dealkylation sites (N-methyl/N-ethyl adjacent to an activating group) is 1. The minimum absolute atomic E-state index is 0.106. The Kier molecular flexibility index (Phi) is 7.65. The Morgan fingerprint density at radius 2 is 2.13 bits per heavy atom. The molecule has 0 spiro atoms. The van der Waals surface area contributed by atoms with Crippen molar-refractivity contribution in [3.63, 3.8) is 0 Å². The predicted molar refractivity (Wildman–Crippen MR) is 118 cm³/mol. The zero-order valence-electron chi connectivity index (χ0n) is 17.1. The van der Waals surface area contributed by atoms with Crippen molar-refractivity contribution in [2.24, 2.45) is 0 Å². The molecule has 1 aliphatic rings. The van der Waals surface area contributed by atoms with Crippen molar-refractivity contribution >= 4 is 29.2 Å². The van der Waals surface area contributed by atoms with Gasteiger partial charge in [-0.05, 0) is 55.3 Å². The molecule has 1 saturated heterocycles. The standard InChI is InChI=1S/C22H28ClN5O2/c1-2-28-10-4-7-19(28)22(30)27-18(12-15-5-3-6-17(23)11-15)21(29)26-14-16-8-9-20(24)25-13-16/h3,5-6,8-9,11,13,18-19H,2,4,7,10,12,14H2,1H3,(H2,24,25)(H,26,29)(H,27,30)/t18-,19+/m0/s1. The number of nitrogens with one attached hydrogen (secondary N) is 2. The number of hydrogen-bond acceptors (Lipinski definition) is 5. The summed E-state index contributed by atoms with van der Waals surface area (Å²) < 4.78 is 0. The number of aromatic nitrogens is 1. The summed E-state index contributed by atoms with van der Waals surface area (Å²) in [7, 11) is 0. The van der Waals surface area contributed by atoms with Gasteiger partial charge < -0.3 is 16.4 Å². The second-order valence-corrected chi connectivity index (χ2v) is 7.93. The predicted octanol–water partition coefficient (Wildman–Crippen LogP) is 2.15. The van der Waals surface area contributed by atoms with Crippen LogP contribution >= 0.6 is 11.6 Å². The molecule has 0 unspecified atom stereocenters. The molecule has 30 heavy (non-hydrogen) atoms. The number of rotatable bonds is 8. The Balaban J connectivity index is 1.69. The van der Waals surface area contributed by atoms with Gasteiger partial charge in [-0.1, -0.05) is 36.7 Å². The Labute approximate surface area is 182 Å². The molecule has 0 radical (unpaired) electrons. The Hall–Kier alpha value is -2.64. The second-order valence-electron chi connectivity index (χ2n) is 7.49. The molecule has 8 heteroatoms. The molecule has 2 amide bonds. The number of nitrogens with two attached hydrogens (primary N) is 1. The van der Waals surface area contributed by atoms with Crippen LogP contribution in [0.5, 0.6) is 0 Å². The maximum atomic E-state index is 13.0. The Morgan fingerprint density at radius 1 is 1.30 bits per heavy atom. The summed E-state index contributed by atoms with van der Waals surface area (Å²) in [6.07, 6.45) is 3.78. The van der Waals surface area contributed by atoms with Crippen LogP contribution in [-0.2, 0) is 22.6 Å². The average Bonchev–Trinajstić information content (AvgIpc) is 3.22. The second kappa shape index (κ2) is 10.4. The smallest absolute Gasteiger partial charge is 0.243 e. The van der Waals surface area contributed by atoms with Gasteiger partial charge in [0.15, 0.2) is 0 Å². The van der Waals surface area contributed by atoms with E-state index in [0.29, 0.717) is 23.8 Å². The molecule has 2 heterocycles. The highest BCUT2D eigenvalue weighted by molar-refractivity contribution is 6.30. The van der Waals surface area contributed by atoms with E-state index < -0.39 is 6.04 Å². The number of likely N-dealkylation sites (tertiary alicyclic amines) is 1. The van der Waals surface area contributed by atoms with Crippen molar-refractivity contribution in [1.29, 1.82) is 0 Å². The molecule has 1 aromatic heterocycles. The van der Waals surface area contributed by atoms with Gasteiger partial charge in [-0.25, -0.2) is 4.98 Å². The first-order valence-electron chi connectivity index (χ1n) is 10.2. The van der Waals surface area contributed by atoms with Gasteiger partial charge in [-0.2, -0.15) is 0 Å². The molecule has 2 aromatic rings. The summed E-state index contributed by atoms with van der Waals surface area (Å²) in [5.74, 6) is 0.0695. The van der Waals surface area contributed by atoms with Crippen LogP contribution in [0.15, 0.2) is 42.6 Å². The van der Waals surface area contributed by atoms with Crippen LogP contribution in [0.25, 0.3) is 0 Å². The highest BCUT2D eigenvalue weighted by Crippen LogP contribution is 2.18. The first-order valence-corrected chi connectivity index (χ1v) is 10.6. The largest absolute Gasteiger partial charge is 0.384 e. The molecule has 1 fully saturated rings. The summed E-state index contributed by atoms with van der Waals surface area (Å²) in [5, 5.41) is 6.45. The monoisotopic (exact) mass is 429 g/mol. The minimum Gasteiger partial charge on any atom is -0.384 e. The molecule has 4 N–H and O–H groups in total. The lowest BCUT2D eigenvalue weighted by atomic mass is 10.0. The summed E-state index contributed by atoms with van der Waals surface area (Å²) in [5.41, 5.74) is 7.32. The van der Waals surface area contributed by atoms with Crippen LogP contribution < -0.4 is 16.4 Å². The molecule has 2 atom stereocenters. The normalized spacial score (nSPS) is 17.5. The van der Waals surface area contributed by atoms with Crippen LogP contribution in [0.4, 0.5) is 5.82 Å². The molecule has 1 aliphatic heterocycles. The third-order valence-corrected chi connectivity index (χ3v) is 5.58. The van der Waals surface area contributed by atoms with E-state index in [1.807, 2.05) is 31.2 Å². The number of pyridine rings is 1. The fourth-order valence-electron chi connectivity index (χ4n) is 3.73. The number of nitrogens with zero attached hydrogens (tertiary/aromatic N) is 2. The number of carbonyl (C=O) groups excluding carboxylic acids is 2. The van der Waals surface area contributed by atoms with E-state index in [9.17, 15) is 9.59 Å². The number of nitrogen functional groups attached to an aromatic ring is 1. The van der Waals surface area contributed by atoms with Gasteiger partial charge in [-0.15, -0.1) is 0 Å². The van der Waals surface area contributed by atoms with E-state index >= 15 is 0 Å². The summed E-state index contributed by atoms with van der Waals surface area (Å²) >= 11 is 6.10. The van der Waals surface area contributed by atoms with Gasteiger partial charge in [0.05, 0.1) is 6.04 Å². The van der Waals surface area contributed by atoms with E-state index in [1.165, 1.54) is 0 Å². The number of amides is 2. The highest BCUT2D eigenvalue weighted by atomic mass is 35.5. The molecular formula is C22H28ClN5O2. The van der Waals surface area contributed by atoms with E-state index in [0.717, 1.165) is 37.1 Å². The van der Waals surface area contributed by atoms with Gasteiger partial charge >= 0.3 is 0 Å². The van der Waals surface area contributed by atoms with Gasteiger partial charge in [-0.3, -0.25) is 14.5 Å². The van der Waals surface area contributed by atoms with Crippen molar-refractivity contribution in [2.45, 2.75) is 44.8 Å². The maximum absolute atomic E-state index is 13.0. The molecular weight excluding hydrogens is 402 g/mol. The Bertz CT molecular complexity index is 874. The quantitative estimate of drug-likeness (QED) is 0.597. The van der Waals surface area contributed by atoms with Crippen molar-refractivity contribution < 1.29 is 9.59 Å². The van der Waals surface area contributed by atoms with Crippen molar-refractivity contribution in [3.05, 3.63) is 58.7 Å². The summed E-state index contributed by atoms with van der Waals surface area (Å²) in [4.78, 5) is 32.0. The Morgan fingerprint density at radius 3 is 2.83 bits per heavy atom. The average molecular weight is 430 g/mol. The molecule has 0 bridgehead atoms. The van der Waals surface area contributed by atoms with Gasteiger partial charge in [0.1, 0.15) is 11.9 Å². The lowest BCUT2D eigenvalue weighted by molar-refractivity contribution is -0.131. The first-order chi connectivity index (χ1) is 14.5. The third kappa shape index (κ3) is 5.93. The molecule has 0 saturated carbocycles. The highest BCUT2D eigenvalue weighted by Gasteiger charge is 2.32. The summed E-state index contributed by atoms with van der Waals surface area (Å²) in [6, 6.07) is 9.94. The fraction of sp³-hybridized carbons (Fsp3) is 0.409. The van der Waals surface area contributed by atoms with Gasteiger partial charge in [0.2, 0.25) is 11.8 Å². The summed E-state index contributed by atoms with van der Waals surface area (Å²) in [6.45, 7) is 4.07. The fourth-order valence-corrected chi connectivity index (χ4v) is 3.94. The molecule has 3 rings (SSSR count). The van der Waals surface area contributed by atoms with Crippen LogP contribution in [-0.4, -0.2) is 46.9 Å². The third-order valence-electron chi connectivity index (χ3n) is 5.35. The number of halogens is 1. The lowest BCUT2D eigenvalue weighted by Gasteiger charge is -2.25. The van der Waals surface area contributed by atoms with Gasteiger partial charge in [0, 0.05) is 24.2 Å². The zero-order valence-corrected chi connectivity index (χ0v) is 17.9. The number of anilines is 1. The van der Waals surface area contributed by atoms with E-state index in [4.69, 9.17) is 17.3 Å². The van der Waals surface area contributed by atoms with E-state index in [2.05, 4.69) is 20.5 Å². The minimum atomic E-state index is -0.697. The SMILES string of the molecule is CCN1CCC[C@@H]1C(=O)N[C@@H](Cc1cccc(Cl)c1)C(=O)NCc1ccc(N)nc1. The van der Waals surface area contributed by atoms with Crippen LogP contribution in [0.3, 0.4) is 0 Å². The van der Waals surface area contributed by atoms with Crippen molar-refractivity contribution in [1.82, 2.24) is 20.5 Å².